The molecule has 1 aliphatic heterocycles. The summed E-state index contributed by atoms with van der Waals surface area (Å²) in [5.74, 6) is -0.434. The maximum absolute atomic E-state index is 13.4. The minimum absolute atomic E-state index is 0.00973. The largest absolute Gasteiger partial charge is 0.350 e. The molecule has 1 atom stereocenters. The van der Waals surface area contributed by atoms with Gasteiger partial charge in [-0.05, 0) is 24.1 Å². The van der Waals surface area contributed by atoms with E-state index >= 15 is 0 Å². The second kappa shape index (κ2) is 8.74. The molecule has 5 heteroatoms. The molecule has 0 saturated heterocycles. The fraction of sp³-hybridized carbons (Fsp3) is 0.160. The third-order valence-corrected chi connectivity index (χ3v) is 5.20. The van der Waals surface area contributed by atoms with Crippen molar-refractivity contribution in [2.45, 2.75) is 19.5 Å². The Labute approximate surface area is 176 Å². The van der Waals surface area contributed by atoms with Crippen molar-refractivity contribution in [3.8, 4) is 0 Å². The highest BCUT2D eigenvalue weighted by atomic mass is 16.2. The predicted octanol–water partition coefficient (Wildman–Crippen LogP) is 3.90. The van der Waals surface area contributed by atoms with Gasteiger partial charge in [0.1, 0.15) is 12.6 Å². The molecule has 1 aliphatic rings. The molecule has 0 bridgehead atoms. The Hall–Kier alpha value is -3.73. The fourth-order valence-electron chi connectivity index (χ4n) is 3.69. The number of amides is 2. The molecule has 0 fully saturated rings. The average Bonchev–Trinajstić information content (AvgIpc) is 2.91. The number of fused-ring (bicyclic) bond motifs is 1. The van der Waals surface area contributed by atoms with E-state index in [1.807, 2.05) is 91.9 Å². The SMILES string of the molecule is CC1=NCC(=O)N(C(C(=O)NCc2ccccc2)c2ccccc2)c2ccccc21. The van der Waals surface area contributed by atoms with Crippen LogP contribution in [0.4, 0.5) is 5.69 Å². The van der Waals surface area contributed by atoms with Gasteiger partial charge in [0.15, 0.2) is 0 Å². The smallest absolute Gasteiger partial charge is 0.249 e. The number of hydrogen-bond acceptors (Lipinski definition) is 3. The van der Waals surface area contributed by atoms with Gasteiger partial charge in [-0.2, -0.15) is 0 Å². The summed E-state index contributed by atoms with van der Waals surface area (Å²) in [7, 11) is 0. The van der Waals surface area contributed by atoms with E-state index < -0.39 is 6.04 Å². The summed E-state index contributed by atoms with van der Waals surface area (Å²) < 4.78 is 0. The van der Waals surface area contributed by atoms with Crippen molar-refractivity contribution < 1.29 is 9.59 Å². The highest BCUT2D eigenvalue weighted by Gasteiger charge is 2.35. The first-order valence-electron chi connectivity index (χ1n) is 9.94. The Morgan fingerprint density at radius 2 is 1.60 bits per heavy atom. The fourth-order valence-corrected chi connectivity index (χ4v) is 3.69. The molecule has 3 aromatic carbocycles. The number of nitrogens with one attached hydrogen (secondary N) is 1. The van der Waals surface area contributed by atoms with Crippen LogP contribution in [0, 0.1) is 0 Å². The summed E-state index contributed by atoms with van der Waals surface area (Å²) in [5, 5.41) is 3.01. The number of hydrogen-bond donors (Lipinski definition) is 1. The van der Waals surface area contributed by atoms with E-state index in [1.165, 1.54) is 0 Å². The van der Waals surface area contributed by atoms with Gasteiger partial charge in [0, 0.05) is 17.8 Å². The van der Waals surface area contributed by atoms with E-state index in [0.29, 0.717) is 12.2 Å². The van der Waals surface area contributed by atoms with E-state index in [0.717, 1.165) is 22.4 Å². The van der Waals surface area contributed by atoms with Gasteiger partial charge in [-0.3, -0.25) is 19.5 Å². The van der Waals surface area contributed by atoms with Crippen molar-refractivity contribution in [2.24, 2.45) is 4.99 Å². The van der Waals surface area contributed by atoms with Crippen LogP contribution in [0.25, 0.3) is 0 Å². The third kappa shape index (κ3) is 4.01. The molecule has 4 rings (SSSR count). The highest BCUT2D eigenvalue weighted by molar-refractivity contribution is 6.13. The molecule has 0 saturated carbocycles. The van der Waals surface area contributed by atoms with Crippen LogP contribution >= 0.6 is 0 Å². The van der Waals surface area contributed by atoms with Crippen LogP contribution in [0.2, 0.25) is 0 Å². The molecule has 150 valence electrons. The second-order valence-electron chi connectivity index (χ2n) is 7.20. The zero-order valence-corrected chi connectivity index (χ0v) is 16.8. The van der Waals surface area contributed by atoms with Gasteiger partial charge < -0.3 is 5.32 Å². The number of benzodiazepines with no additional fused rings is 1. The maximum atomic E-state index is 13.4. The number of benzene rings is 3. The number of carbonyl (C=O) groups excluding carboxylic acids is 2. The Morgan fingerprint density at radius 3 is 2.33 bits per heavy atom. The first-order chi connectivity index (χ1) is 14.6. The molecular formula is C25H23N3O2. The second-order valence-corrected chi connectivity index (χ2v) is 7.20. The number of rotatable bonds is 5. The normalized spacial score (nSPS) is 14.4. The molecule has 3 aromatic rings. The van der Waals surface area contributed by atoms with Gasteiger partial charge in [0.2, 0.25) is 11.8 Å². The average molecular weight is 397 g/mol. The molecule has 1 N–H and O–H groups in total. The van der Waals surface area contributed by atoms with E-state index in [4.69, 9.17) is 0 Å². The maximum Gasteiger partial charge on any atom is 0.249 e. The molecule has 2 amide bonds. The van der Waals surface area contributed by atoms with Crippen molar-refractivity contribution in [2.75, 3.05) is 11.4 Å². The molecule has 0 aromatic heterocycles. The lowest BCUT2D eigenvalue weighted by Crippen LogP contribution is -2.44. The van der Waals surface area contributed by atoms with Crippen LogP contribution in [-0.2, 0) is 16.1 Å². The summed E-state index contributed by atoms with van der Waals surface area (Å²) in [4.78, 5) is 32.6. The van der Waals surface area contributed by atoms with Crippen molar-refractivity contribution in [3.63, 3.8) is 0 Å². The Balaban J connectivity index is 1.74. The van der Waals surface area contributed by atoms with Crippen LogP contribution in [0.1, 0.15) is 29.7 Å². The standard InChI is InChI=1S/C25H23N3O2/c1-18-21-14-8-9-15-22(21)28(23(29)17-26-18)24(20-12-6-3-7-13-20)25(30)27-16-19-10-4-2-5-11-19/h2-15,24H,16-17H2,1H3,(H,27,30). The van der Waals surface area contributed by atoms with Crippen molar-refractivity contribution in [3.05, 3.63) is 102 Å². The number of para-hydroxylation sites is 1. The molecule has 0 radical (unpaired) electrons. The number of nitrogens with zero attached hydrogens (tertiary/aromatic N) is 2. The van der Waals surface area contributed by atoms with Crippen LogP contribution in [0.5, 0.6) is 0 Å². The molecule has 0 aliphatic carbocycles. The lowest BCUT2D eigenvalue weighted by molar-refractivity contribution is -0.126. The zero-order chi connectivity index (χ0) is 20.9. The molecule has 30 heavy (non-hydrogen) atoms. The van der Waals surface area contributed by atoms with Gasteiger partial charge in [0.05, 0.1) is 5.69 Å². The Morgan fingerprint density at radius 1 is 0.967 bits per heavy atom. The van der Waals surface area contributed by atoms with E-state index in [2.05, 4.69) is 10.3 Å². The lowest BCUT2D eigenvalue weighted by atomic mass is 10.0. The summed E-state index contributed by atoms with van der Waals surface area (Å²) in [6.07, 6.45) is 0. The summed E-state index contributed by atoms with van der Waals surface area (Å²) >= 11 is 0. The molecule has 0 spiro atoms. The molecule has 5 nitrogen and oxygen atoms in total. The minimum atomic E-state index is -0.787. The van der Waals surface area contributed by atoms with Crippen molar-refractivity contribution in [1.29, 1.82) is 0 Å². The van der Waals surface area contributed by atoms with Gasteiger partial charge >= 0.3 is 0 Å². The van der Waals surface area contributed by atoms with Crippen LogP contribution < -0.4 is 10.2 Å². The number of carbonyl (C=O) groups is 2. The van der Waals surface area contributed by atoms with Gasteiger partial charge in [0.25, 0.3) is 0 Å². The van der Waals surface area contributed by atoms with E-state index in [9.17, 15) is 9.59 Å². The first kappa shape index (κ1) is 19.6. The summed E-state index contributed by atoms with van der Waals surface area (Å²) in [6.45, 7) is 2.29. The topological polar surface area (TPSA) is 61.8 Å². The number of aliphatic imine (C=N–C) groups is 1. The van der Waals surface area contributed by atoms with Crippen molar-refractivity contribution >= 4 is 23.2 Å². The Kier molecular flexibility index (Phi) is 5.70. The third-order valence-electron chi connectivity index (χ3n) is 5.20. The van der Waals surface area contributed by atoms with Gasteiger partial charge in [-0.25, -0.2) is 0 Å². The lowest BCUT2D eigenvalue weighted by Gasteiger charge is -2.31. The van der Waals surface area contributed by atoms with Crippen LogP contribution in [0.3, 0.4) is 0 Å². The molecular weight excluding hydrogens is 374 g/mol. The van der Waals surface area contributed by atoms with Gasteiger partial charge in [-0.15, -0.1) is 0 Å². The first-order valence-corrected chi connectivity index (χ1v) is 9.94. The molecule has 1 unspecified atom stereocenters. The van der Waals surface area contributed by atoms with Gasteiger partial charge in [-0.1, -0.05) is 78.9 Å². The summed E-state index contributed by atoms with van der Waals surface area (Å²) in [5.41, 5.74) is 4.10. The highest BCUT2D eigenvalue weighted by Crippen LogP contribution is 2.32. The monoisotopic (exact) mass is 397 g/mol. The van der Waals surface area contributed by atoms with Crippen LogP contribution in [-0.4, -0.2) is 24.1 Å². The minimum Gasteiger partial charge on any atom is -0.350 e. The predicted molar refractivity (Wildman–Crippen MR) is 118 cm³/mol. The van der Waals surface area contributed by atoms with Crippen LogP contribution in [0.15, 0.2) is 89.9 Å². The van der Waals surface area contributed by atoms with E-state index in [-0.39, 0.29) is 18.4 Å². The van der Waals surface area contributed by atoms with E-state index in [1.54, 1.807) is 4.90 Å². The number of anilines is 1. The quantitative estimate of drug-likeness (QED) is 0.710. The summed E-state index contributed by atoms with van der Waals surface area (Å²) in [6, 6.07) is 25.9. The Bertz CT molecular complexity index is 1080. The van der Waals surface area contributed by atoms with Crippen molar-refractivity contribution in [1.82, 2.24) is 5.32 Å². The zero-order valence-electron chi connectivity index (χ0n) is 16.8. The molecule has 1 heterocycles.